The third-order valence-electron chi connectivity index (χ3n) is 2.91. The maximum atomic E-state index is 10.6. The number of fused-ring (bicyclic) bond motifs is 1. The van der Waals surface area contributed by atoms with E-state index < -0.39 is 11.3 Å². The van der Waals surface area contributed by atoms with E-state index in [0.717, 1.165) is 10.5 Å². The number of hydrogen-bond donors (Lipinski definition) is 3. The van der Waals surface area contributed by atoms with Gasteiger partial charge in [-0.05, 0) is 23.8 Å². The van der Waals surface area contributed by atoms with Gasteiger partial charge >= 0.3 is 0 Å². The molecule has 11 heteroatoms. The highest BCUT2D eigenvalue weighted by molar-refractivity contribution is 7.98. The van der Waals surface area contributed by atoms with Gasteiger partial charge in [-0.15, -0.1) is 16.9 Å². The molecule has 0 spiro atoms. The van der Waals surface area contributed by atoms with Crippen LogP contribution in [0, 0.1) is 0 Å². The van der Waals surface area contributed by atoms with Crippen molar-refractivity contribution in [2.45, 2.75) is 10.6 Å². The van der Waals surface area contributed by atoms with Crippen LogP contribution in [0.3, 0.4) is 0 Å². The van der Waals surface area contributed by atoms with Gasteiger partial charge in [0, 0.05) is 32.6 Å². The molecule has 1 aromatic carbocycles. The van der Waals surface area contributed by atoms with Gasteiger partial charge in [0.25, 0.3) is 0 Å². The zero-order valence-corrected chi connectivity index (χ0v) is 13.8. The van der Waals surface area contributed by atoms with Crippen molar-refractivity contribution in [1.82, 2.24) is 20.4 Å². The Morgan fingerprint density at radius 1 is 1.39 bits per heavy atom. The Kier molecular flexibility index (Phi) is 4.66. The van der Waals surface area contributed by atoms with Crippen LogP contribution in [-0.4, -0.2) is 29.2 Å². The number of rotatable bonds is 5. The maximum absolute atomic E-state index is 10.6. The van der Waals surface area contributed by atoms with Crippen LogP contribution < -0.4 is 10.5 Å². The van der Waals surface area contributed by atoms with Crippen LogP contribution in [-0.2, 0) is 17.0 Å². The predicted molar refractivity (Wildman–Crippen MR) is 89.7 cm³/mol. The van der Waals surface area contributed by atoms with Gasteiger partial charge in [0.1, 0.15) is 11.3 Å². The van der Waals surface area contributed by atoms with Gasteiger partial charge in [-0.25, -0.2) is 4.98 Å². The smallest absolute Gasteiger partial charge is 0.204 e. The molecule has 0 saturated carbocycles. The molecular weight excluding hydrogens is 360 g/mol. The normalized spacial score (nSPS) is 12.4. The van der Waals surface area contributed by atoms with E-state index in [4.69, 9.17) is 17.3 Å². The van der Waals surface area contributed by atoms with E-state index in [0.29, 0.717) is 33.4 Å². The zero-order valence-electron chi connectivity index (χ0n) is 11.4. The first-order valence-electron chi connectivity index (χ1n) is 6.27. The first kappa shape index (κ1) is 16.0. The number of anilines is 2. The monoisotopic (exact) mass is 369 g/mol. The number of benzene rings is 1. The molecule has 0 fully saturated rings. The van der Waals surface area contributed by atoms with E-state index in [2.05, 4.69) is 25.1 Å². The van der Waals surface area contributed by atoms with Crippen LogP contribution in [0.4, 0.5) is 11.5 Å². The molecule has 2 heterocycles. The summed E-state index contributed by atoms with van der Waals surface area (Å²) in [7, 11) is 0. The highest BCUT2D eigenvalue weighted by Crippen LogP contribution is 2.32. The number of halogens is 1. The number of nitrogens with zero attached hydrogens (tertiary/aromatic N) is 3. The Balaban J connectivity index is 1.79. The average molecular weight is 370 g/mol. The molecule has 120 valence electrons. The number of hydrogen-bond acceptors (Lipinski definition) is 7. The molecule has 0 radical (unpaired) electrons. The van der Waals surface area contributed by atoms with Crippen LogP contribution >= 0.6 is 23.4 Å². The molecule has 3 aromatic rings. The van der Waals surface area contributed by atoms with Crippen molar-refractivity contribution < 1.29 is 8.76 Å². The van der Waals surface area contributed by atoms with Crippen LogP contribution in [0.1, 0.15) is 5.56 Å². The molecular formula is C12H10ClN6O2S2-. The lowest BCUT2D eigenvalue weighted by atomic mass is 10.2. The number of thioether (sulfide) groups is 1. The number of aromatic nitrogens is 4. The van der Waals surface area contributed by atoms with Gasteiger partial charge in [0.15, 0.2) is 0 Å². The van der Waals surface area contributed by atoms with Crippen molar-refractivity contribution in [3.63, 3.8) is 0 Å². The van der Waals surface area contributed by atoms with Crippen molar-refractivity contribution in [3.8, 4) is 0 Å². The standard InChI is InChI=1S/C12H11ClN6O2S2/c13-8-3-7(18-23(20)21)2-1-6(8)5-22-9-4-10(14)15-12-11(9)16-19-17-12/h1-4,18H,5H2,(H,20,21)(H3,14,15,16,17,19)/p-1. The van der Waals surface area contributed by atoms with Crippen molar-refractivity contribution in [3.05, 3.63) is 34.9 Å². The molecule has 3 rings (SSSR count). The summed E-state index contributed by atoms with van der Waals surface area (Å²) in [6, 6.07) is 6.68. The fourth-order valence-electron chi connectivity index (χ4n) is 1.92. The average Bonchev–Trinajstić information content (AvgIpc) is 2.93. The Labute approximate surface area is 142 Å². The van der Waals surface area contributed by atoms with Gasteiger partial charge < -0.3 is 15.0 Å². The minimum absolute atomic E-state index is 0.359. The third-order valence-corrected chi connectivity index (χ3v) is 4.75. The summed E-state index contributed by atoms with van der Waals surface area (Å²) >= 11 is 5.29. The second-order valence-corrected chi connectivity index (χ2v) is 6.57. The third kappa shape index (κ3) is 3.72. The maximum Gasteiger partial charge on any atom is 0.204 e. The molecule has 2 aromatic heterocycles. The van der Waals surface area contributed by atoms with E-state index in [1.54, 1.807) is 24.3 Å². The highest BCUT2D eigenvalue weighted by atomic mass is 35.5. The lowest BCUT2D eigenvalue weighted by molar-refractivity contribution is 0.542. The fourth-order valence-corrected chi connectivity index (χ4v) is 3.60. The fraction of sp³-hybridized carbons (Fsp3) is 0.0833. The minimum Gasteiger partial charge on any atom is -0.755 e. The van der Waals surface area contributed by atoms with Crippen molar-refractivity contribution in [2.75, 3.05) is 10.5 Å². The Morgan fingerprint density at radius 2 is 2.22 bits per heavy atom. The van der Waals surface area contributed by atoms with Crippen LogP contribution in [0.15, 0.2) is 29.2 Å². The van der Waals surface area contributed by atoms with Gasteiger partial charge in [-0.1, -0.05) is 17.7 Å². The summed E-state index contributed by atoms with van der Waals surface area (Å²) in [6.07, 6.45) is 0. The lowest BCUT2D eigenvalue weighted by Crippen LogP contribution is -2.02. The molecule has 23 heavy (non-hydrogen) atoms. The minimum atomic E-state index is -2.38. The van der Waals surface area contributed by atoms with Crippen LogP contribution in [0.25, 0.3) is 11.2 Å². The van der Waals surface area contributed by atoms with Crippen molar-refractivity contribution in [1.29, 1.82) is 0 Å². The second kappa shape index (κ2) is 6.71. The Hall–Kier alpha value is -1.88. The molecule has 8 nitrogen and oxygen atoms in total. The SMILES string of the molecule is Nc1cc(SCc2ccc(NS(=O)[O-])cc2Cl)c2n[nH]nc2n1. The number of aromatic amines is 1. The lowest BCUT2D eigenvalue weighted by Gasteiger charge is -2.11. The van der Waals surface area contributed by atoms with Crippen LogP contribution in [0.5, 0.6) is 0 Å². The molecule has 0 aliphatic rings. The topological polar surface area (TPSA) is 133 Å². The first-order chi connectivity index (χ1) is 11.0. The van der Waals surface area contributed by atoms with Gasteiger partial charge in [-0.3, -0.25) is 4.21 Å². The van der Waals surface area contributed by atoms with Crippen molar-refractivity contribution >= 4 is 57.3 Å². The zero-order chi connectivity index (χ0) is 16.4. The number of nitrogens with one attached hydrogen (secondary N) is 2. The number of pyridine rings is 1. The summed E-state index contributed by atoms with van der Waals surface area (Å²) in [5.41, 5.74) is 8.10. The van der Waals surface area contributed by atoms with Gasteiger partial charge in [0.2, 0.25) is 5.65 Å². The van der Waals surface area contributed by atoms with E-state index in [9.17, 15) is 8.76 Å². The number of H-pyrrole nitrogens is 1. The summed E-state index contributed by atoms with van der Waals surface area (Å²) < 4.78 is 23.5. The largest absolute Gasteiger partial charge is 0.755 e. The van der Waals surface area contributed by atoms with E-state index >= 15 is 0 Å². The van der Waals surface area contributed by atoms with Crippen molar-refractivity contribution in [2.24, 2.45) is 0 Å². The number of nitrogens with two attached hydrogens (primary N) is 1. The summed E-state index contributed by atoms with van der Waals surface area (Å²) in [6.45, 7) is 0. The van der Waals surface area contributed by atoms with E-state index in [-0.39, 0.29) is 0 Å². The highest BCUT2D eigenvalue weighted by Gasteiger charge is 2.10. The summed E-state index contributed by atoms with van der Waals surface area (Å²) in [5, 5.41) is 11.0. The van der Waals surface area contributed by atoms with Gasteiger partial charge in [0.05, 0.1) is 0 Å². The number of nitrogen functional groups attached to an aromatic ring is 1. The Bertz CT molecular complexity index is 887. The second-order valence-electron chi connectivity index (χ2n) is 4.47. The van der Waals surface area contributed by atoms with Gasteiger partial charge in [-0.2, -0.15) is 10.3 Å². The first-order valence-corrected chi connectivity index (χ1v) is 8.71. The predicted octanol–water partition coefficient (Wildman–Crippen LogP) is 2.09. The van der Waals surface area contributed by atoms with Crippen LogP contribution in [0.2, 0.25) is 5.02 Å². The molecule has 0 aliphatic carbocycles. The molecule has 1 atom stereocenters. The molecule has 0 aliphatic heterocycles. The molecule has 1 unspecified atom stereocenters. The molecule has 0 amide bonds. The van der Waals surface area contributed by atoms with E-state index in [1.807, 2.05) is 0 Å². The Morgan fingerprint density at radius 3 is 2.96 bits per heavy atom. The quantitative estimate of drug-likeness (QED) is 0.463. The van der Waals surface area contributed by atoms with E-state index in [1.165, 1.54) is 11.8 Å². The summed E-state index contributed by atoms with van der Waals surface area (Å²) in [5.74, 6) is 0.919. The molecule has 4 N–H and O–H groups in total. The molecule has 0 bridgehead atoms. The summed E-state index contributed by atoms with van der Waals surface area (Å²) in [4.78, 5) is 4.91. The molecule has 0 saturated heterocycles.